The molecule has 0 amide bonds. The van der Waals surface area contributed by atoms with E-state index in [1.807, 2.05) is 12.1 Å². The van der Waals surface area contributed by atoms with Crippen molar-refractivity contribution in [3.05, 3.63) is 77.9 Å². The van der Waals surface area contributed by atoms with E-state index in [1.165, 1.54) is 36.8 Å². The fourth-order valence-electron chi connectivity index (χ4n) is 5.56. The zero-order chi connectivity index (χ0) is 18.7. The average molecular weight is 362 g/mol. The topological polar surface area (TPSA) is 23.5 Å². The SMILES string of the molecule is C/C=C/[C@@H]1[C@H]2CCC[C@]1(c1cccc(O)c1)CCN2CCc1ccccc1. The molecule has 1 N–H and O–H groups in total. The van der Waals surface area contributed by atoms with E-state index in [1.54, 1.807) is 6.07 Å². The van der Waals surface area contributed by atoms with Crippen LogP contribution in [-0.2, 0) is 11.8 Å². The van der Waals surface area contributed by atoms with Gasteiger partial charge in [0.15, 0.2) is 0 Å². The van der Waals surface area contributed by atoms with Crippen molar-refractivity contribution < 1.29 is 5.11 Å². The molecule has 3 atom stereocenters. The fraction of sp³-hybridized carbons (Fsp3) is 0.440. The molecular weight excluding hydrogens is 330 g/mol. The second-order valence-electron chi connectivity index (χ2n) is 8.24. The van der Waals surface area contributed by atoms with Crippen LogP contribution in [0.25, 0.3) is 0 Å². The highest BCUT2D eigenvalue weighted by atomic mass is 16.3. The normalized spacial score (nSPS) is 28.5. The molecule has 2 bridgehead atoms. The van der Waals surface area contributed by atoms with Gasteiger partial charge in [-0.2, -0.15) is 0 Å². The monoisotopic (exact) mass is 361 g/mol. The van der Waals surface area contributed by atoms with E-state index < -0.39 is 0 Å². The van der Waals surface area contributed by atoms with Gasteiger partial charge in [-0.3, -0.25) is 4.90 Å². The molecule has 0 spiro atoms. The molecule has 2 aromatic carbocycles. The van der Waals surface area contributed by atoms with Gasteiger partial charge in [-0.25, -0.2) is 0 Å². The van der Waals surface area contributed by atoms with Gasteiger partial charge in [-0.15, -0.1) is 0 Å². The summed E-state index contributed by atoms with van der Waals surface area (Å²) in [5.41, 5.74) is 2.94. The molecule has 2 heteroatoms. The summed E-state index contributed by atoms with van der Waals surface area (Å²) in [6.45, 7) is 4.44. The van der Waals surface area contributed by atoms with Crippen LogP contribution in [0.15, 0.2) is 66.7 Å². The molecule has 1 heterocycles. The number of rotatable bonds is 5. The van der Waals surface area contributed by atoms with E-state index in [-0.39, 0.29) is 5.41 Å². The van der Waals surface area contributed by atoms with Crippen molar-refractivity contribution in [2.24, 2.45) is 5.92 Å². The molecule has 2 nitrogen and oxygen atoms in total. The molecule has 1 aliphatic heterocycles. The number of phenolic OH excluding ortho intramolecular Hbond substituents is 1. The summed E-state index contributed by atoms with van der Waals surface area (Å²) in [5.74, 6) is 0.928. The van der Waals surface area contributed by atoms with Gasteiger partial charge in [0.1, 0.15) is 5.75 Å². The highest BCUT2D eigenvalue weighted by Gasteiger charge is 2.50. The molecule has 2 aliphatic rings. The quantitative estimate of drug-likeness (QED) is 0.728. The van der Waals surface area contributed by atoms with Gasteiger partial charge in [-0.1, -0.05) is 61.0 Å². The molecule has 1 saturated heterocycles. The van der Waals surface area contributed by atoms with Crippen molar-refractivity contribution in [3.8, 4) is 5.75 Å². The van der Waals surface area contributed by atoms with Crippen LogP contribution in [0.1, 0.15) is 43.7 Å². The van der Waals surface area contributed by atoms with E-state index in [0.29, 0.717) is 17.7 Å². The Bertz CT molecular complexity index is 784. The molecule has 0 radical (unpaired) electrons. The third-order valence-corrected chi connectivity index (χ3v) is 6.84. The van der Waals surface area contributed by atoms with Crippen molar-refractivity contribution >= 4 is 0 Å². The number of aromatic hydroxyl groups is 1. The molecule has 0 unspecified atom stereocenters. The molecule has 2 fully saturated rings. The van der Waals surface area contributed by atoms with E-state index in [2.05, 4.69) is 60.4 Å². The largest absolute Gasteiger partial charge is 0.508 e. The number of hydrogen-bond acceptors (Lipinski definition) is 2. The Hall–Kier alpha value is -2.06. The van der Waals surface area contributed by atoms with Crippen molar-refractivity contribution in [1.82, 2.24) is 4.90 Å². The van der Waals surface area contributed by atoms with Crippen LogP contribution in [0.5, 0.6) is 5.75 Å². The van der Waals surface area contributed by atoms with Gasteiger partial charge < -0.3 is 5.11 Å². The molecule has 4 rings (SSSR count). The van der Waals surface area contributed by atoms with Gasteiger partial charge in [-0.05, 0) is 62.4 Å². The summed E-state index contributed by atoms with van der Waals surface area (Å²) < 4.78 is 0. The van der Waals surface area contributed by atoms with Gasteiger partial charge >= 0.3 is 0 Å². The van der Waals surface area contributed by atoms with Gasteiger partial charge in [0.05, 0.1) is 0 Å². The molecule has 1 aliphatic carbocycles. The number of phenols is 1. The first-order valence-corrected chi connectivity index (χ1v) is 10.4. The lowest BCUT2D eigenvalue weighted by Gasteiger charge is -2.56. The van der Waals surface area contributed by atoms with E-state index >= 15 is 0 Å². The Morgan fingerprint density at radius 3 is 2.74 bits per heavy atom. The third kappa shape index (κ3) is 3.55. The number of fused-ring (bicyclic) bond motifs is 2. The van der Waals surface area contributed by atoms with Crippen LogP contribution in [0.3, 0.4) is 0 Å². The number of likely N-dealkylation sites (tertiary alicyclic amines) is 1. The lowest BCUT2D eigenvalue weighted by Crippen LogP contribution is -2.58. The van der Waals surface area contributed by atoms with Gasteiger partial charge in [0, 0.05) is 23.9 Å². The average Bonchev–Trinajstić information content (AvgIpc) is 2.69. The maximum absolute atomic E-state index is 10.1. The van der Waals surface area contributed by atoms with Crippen LogP contribution in [0.2, 0.25) is 0 Å². The van der Waals surface area contributed by atoms with E-state index in [0.717, 1.165) is 19.5 Å². The molecule has 1 saturated carbocycles. The highest BCUT2D eigenvalue weighted by Crippen LogP contribution is 2.52. The minimum atomic E-state index is 0.178. The Labute approximate surface area is 163 Å². The van der Waals surface area contributed by atoms with Crippen LogP contribution in [0, 0.1) is 5.92 Å². The minimum Gasteiger partial charge on any atom is -0.508 e. The first-order chi connectivity index (χ1) is 13.2. The predicted octanol–water partition coefficient (Wildman–Crippen LogP) is 5.32. The number of piperidine rings is 1. The van der Waals surface area contributed by atoms with Crippen LogP contribution in [0.4, 0.5) is 0 Å². The molecule has 0 aromatic heterocycles. The summed E-state index contributed by atoms with van der Waals surface area (Å²) >= 11 is 0. The van der Waals surface area contributed by atoms with Crippen molar-refractivity contribution in [2.75, 3.05) is 13.1 Å². The van der Waals surface area contributed by atoms with Gasteiger partial charge in [0.2, 0.25) is 0 Å². The summed E-state index contributed by atoms with van der Waals surface area (Å²) in [7, 11) is 0. The zero-order valence-corrected chi connectivity index (χ0v) is 16.3. The number of allylic oxidation sites excluding steroid dienone is 1. The lowest BCUT2D eigenvalue weighted by atomic mass is 9.56. The Morgan fingerprint density at radius 1 is 1.11 bits per heavy atom. The molecule has 2 aromatic rings. The minimum absolute atomic E-state index is 0.178. The summed E-state index contributed by atoms with van der Waals surface area (Å²) in [4.78, 5) is 2.73. The maximum Gasteiger partial charge on any atom is 0.115 e. The number of nitrogens with zero attached hydrogens (tertiary/aromatic N) is 1. The highest BCUT2D eigenvalue weighted by molar-refractivity contribution is 5.37. The lowest BCUT2D eigenvalue weighted by molar-refractivity contribution is 0.0113. The predicted molar refractivity (Wildman–Crippen MR) is 112 cm³/mol. The Morgan fingerprint density at radius 2 is 1.96 bits per heavy atom. The fourth-order valence-corrected chi connectivity index (χ4v) is 5.56. The van der Waals surface area contributed by atoms with E-state index in [9.17, 15) is 5.11 Å². The molecule has 142 valence electrons. The van der Waals surface area contributed by atoms with Crippen molar-refractivity contribution in [2.45, 2.75) is 50.5 Å². The standard InChI is InChI=1S/C25H31NO/c1-2-8-23-24-13-7-15-25(23,21-11-6-12-22(27)19-21)16-18-26(24)17-14-20-9-4-3-5-10-20/h2-6,8-12,19,23-24,27H,7,13-18H2,1H3/b8-2+/t23-,24-,25-/m1/s1. The number of hydrogen-bond donors (Lipinski definition) is 1. The smallest absolute Gasteiger partial charge is 0.115 e. The molecule has 27 heavy (non-hydrogen) atoms. The second-order valence-corrected chi connectivity index (χ2v) is 8.24. The Balaban J connectivity index is 1.59. The summed E-state index contributed by atoms with van der Waals surface area (Å²) in [6.07, 6.45) is 10.8. The van der Waals surface area contributed by atoms with Gasteiger partial charge in [0.25, 0.3) is 0 Å². The van der Waals surface area contributed by atoms with Crippen molar-refractivity contribution in [1.29, 1.82) is 0 Å². The Kier molecular flexibility index (Phi) is 5.36. The first-order valence-electron chi connectivity index (χ1n) is 10.4. The van der Waals surface area contributed by atoms with Crippen LogP contribution >= 0.6 is 0 Å². The number of benzene rings is 2. The second kappa shape index (κ2) is 7.90. The summed E-state index contributed by atoms with van der Waals surface area (Å²) in [5, 5.41) is 10.1. The zero-order valence-electron chi connectivity index (χ0n) is 16.3. The maximum atomic E-state index is 10.1. The first kappa shape index (κ1) is 18.3. The molecular formula is C25H31NO. The van der Waals surface area contributed by atoms with E-state index in [4.69, 9.17) is 0 Å². The van der Waals surface area contributed by atoms with Crippen molar-refractivity contribution in [3.63, 3.8) is 0 Å². The van der Waals surface area contributed by atoms with Crippen LogP contribution in [-0.4, -0.2) is 29.1 Å². The summed E-state index contributed by atoms with van der Waals surface area (Å²) in [6, 6.07) is 19.5. The van der Waals surface area contributed by atoms with Crippen LogP contribution < -0.4 is 0 Å². The third-order valence-electron chi connectivity index (χ3n) is 6.84.